The Morgan fingerprint density at radius 1 is 1.37 bits per heavy atom. The molecule has 7 heteroatoms. The van der Waals surface area contributed by atoms with Crippen LogP contribution in [0.1, 0.15) is 12.8 Å². The van der Waals surface area contributed by atoms with Crippen LogP contribution in [0, 0.1) is 11.7 Å². The van der Waals surface area contributed by atoms with Crippen LogP contribution in [-0.4, -0.2) is 37.5 Å². The monoisotopic (exact) mass is 288 g/mol. The minimum Gasteiger partial charge on any atom is -0.396 e. The van der Waals surface area contributed by atoms with Crippen LogP contribution in [0.2, 0.25) is 0 Å². The zero-order valence-corrected chi connectivity index (χ0v) is 11.2. The number of piperidine rings is 1. The lowest BCUT2D eigenvalue weighted by Gasteiger charge is -2.30. The van der Waals surface area contributed by atoms with Crippen LogP contribution in [-0.2, 0) is 10.2 Å². The highest BCUT2D eigenvalue weighted by atomic mass is 32.2. The molecule has 0 radical (unpaired) electrons. The van der Waals surface area contributed by atoms with Crippen molar-refractivity contribution in [3.05, 3.63) is 30.1 Å². The summed E-state index contributed by atoms with van der Waals surface area (Å²) in [7, 11) is -3.65. The molecule has 0 saturated carbocycles. The molecule has 0 aliphatic carbocycles. The second kappa shape index (κ2) is 5.85. The first-order valence-electron chi connectivity index (χ1n) is 6.15. The molecule has 0 spiro atoms. The number of nitrogens with one attached hydrogen (secondary N) is 1. The Morgan fingerprint density at radius 3 is 2.63 bits per heavy atom. The Bertz CT molecular complexity index is 528. The van der Waals surface area contributed by atoms with Crippen LogP contribution >= 0.6 is 0 Å². The van der Waals surface area contributed by atoms with Gasteiger partial charge in [0.1, 0.15) is 5.82 Å². The van der Waals surface area contributed by atoms with Gasteiger partial charge >= 0.3 is 10.2 Å². The van der Waals surface area contributed by atoms with Gasteiger partial charge in [0.05, 0.1) is 5.69 Å². The number of hydrogen-bond acceptors (Lipinski definition) is 3. The summed E-state index contributed by atoms with van der Waals surface area (Å²) < 4.78 is 40.9. The third-order valence-corrected chi connectivity index (χ3v) is 4.78. The highest BCUT2D eigenvalue weighted by molar-refractivity contribution is 7.90. The van der Waals surface area contributed by atoms with E-state index in [2.05, 4.69) is 4.72 Å². The molecule has 1 aliphatic rings. The van der Waals surface area contributed by atoms with Gasteiger partial charge in [-0.3, -0.25) is 4.72 Å². The minimum atomic E-state index is -3.65. The molecular formula is C12H17FN2O3S. The molecule has 5 nitrogen and oxygen atoms in total. The first kappa shape index (κ1) is 14.2. The lowest BCUT2D eigenvalue weighted by molar-refractivity contribution is 0.170. The molecule has 19 heavy (non-hydrogen) atoms. The van der Waals surface area contributed by atoms with E-state index in [1.807, 2.05) is 0 Å². The summed E-state index contributed by atoms with van der Waals surface area (Å²) in [6.07, 6.45) is 1.28. The standard InChI is InChI=1S/C12H17FN2O3S/c13-11-2-1-3-12(8-11)14-19(17,18)15-6-4-10(9-16)5-7-15/h1-3,8,10,14,16H,4-7,9H2. The van der Waals surface area contributed by atoms with Gasteiger partial charge in [0.15, 0.2) is 0 Å². The van der Waals surface area contributed by atoms with Gasteiger partial charge in [-0.05, 0) is 37.0 Å². The Kier molecular flexibility index (Phi) is 4.38. The fourth-order valence-corrected chi connectivity index (χ4v) is 3.34. The van der Waals surface area contributed by atoms with Gasteiger partial charge in [-0.1, -0.05) is 6.07 Å². The maximum atomic E-state index is 13.0. The van der Waals surface area contributed by atoms with Gasteiger partial charge in [-0.2, -0.15) is 12.7 Å². The maximum Gasteiger partial charge on any atom is 0.301 e. The van der Waals surface area contributed by atoms with Crippen LogP contribution < -0.4 is 4.72 Å². The third-order valence-electron chi connectivity index (χ3n) is 3.24. The van der Waals surface area contributed by atoms with Crippen LogP contribution in [0.5, 0.6) is 0 Å². The topological polar surface area (TPSA) is 69.6 Å². The largest absolute Gasteiger partial charge is 0.396 e. The average Bonchev–Trinajstić information content (AvgIpc) is 2.38. The smallest absolute Gasteiger partial charge is 0.301 e. The van der Waals surface area contributed by atoms with Crippen molar-refractivity contribution in [2.24, 2.45) is 5.92 Å². The summed E-state index contributed by atoms with van der Waals surface area (Å²) in [6, 6.07) is 5.34. The fraction of sp³-hybridized carbons (Fsp3) is 0.500. The molecular weight excluding hydrogens is 271 g/mol. The van der Waals surface area contributed by atoms with E-state index < -0.39 is 16.0 Å². The molecule has 1 saturated heterocycles. The van der Waals surface area contributed by atoms with Crippen LogP contribution in [0.15, 0.2) is 24.3 Å². The number of anilines is 1. The average molecular weight is 288 g/mol. The van der Waals surface area contributed by atoms with Gasteiger partial charge in [-0.25, -0.2) is 4.39 Å². The molecule has 0 amide bonds. The molecule has 1 aromatic rings. The molecule has 1 heterocycles. The predicted octanol–water partition coefficient (Wildman–Crippen LogP) is 1.19. The molecule has 0 atom stereocenters. The Balaban J connectivity index is 2.03. The van der Waals surface area contributed by atoms with Crippen molar-refractivity contribution >= 4 is 15.9 Å². The number of aliphatic hydroxyl groups is 1. The quantitative estimate of drug-likeness (QED) is 0.874. The Hall–Kier alpha value is -1.18. The number of hydrogen-bond donors (Lipinski definition) is 2. The highest BCUT2D eigenvalue weighted by Gasteiger charge is 2.27. The Morgan fingerprint density at radius 2 is 2.05 bits per heavy atom. The van der Waals surface area contributed by atoms with Gasteiger partial charge < -0.3 is 5.11 Å². The summed E-state index contributed by atoms with van der Waals surface area (Å²) in [4.78, 5) is 0. The molecule has 0 unspecified atom stereocenters. The summed E-state index contributed by atoms with van der Waals surface area (Å²) in [5.41, 5.74) is 0.212. The van der Waals surface area contributed by atoms with Crippen molar-refractivity contribution in [2.75, 3.05) is 24.4 Å². The molecule has 1 aromatic carbocycles. The van der Waals surface area contributed by atoms with Crippen molar-refractivity contribution in [1.29, 1.82) is 0 Å². The SMILES string of the molecule is O=S(=O)(Nc1cccc(F)c1)N1CCC(CO)CC1. The number of nitrogens with zero attached hydrogens (tertiary/aromatic N) is 1. The van der Waals surface area contributed by atoms with Gasteiger partial charge in [0.2, 0.25) is 0 Å². The number of halogens is 1. The van der Waals surface area contributed by atoms with Gasteiger partial charge in [0.25, 0.3) is 0 Å². The normalized spacial score (nSPS) is 18.4. The maximum absolute atomic E-state index is 13.0. The fourth-order valence-electron chi connectivity index (χ4n) is 2.10. The first-order chi connectivity index (χ1) is 9.01. The van der Waals surface area contributed by atoms with E-state index in [0.717, 1.165) is 6.07 Å². The Labute approximate surface area is 112 Å². The minimum absolute atomic E-state index is 0.0885. The van der Waals surface area contributed by atoms with E-state index >= 15 is 0 Å². The van der Waals surface area contributed by atoms with Crippen LogP contribution in [0.3, 0.4) is 0 Å². The molecule has 0 bridgehead atoms. The van der Waals surface area contributed by atoms with E-state index in [1.54, 1.807) is 0 Å². The third kappa shape index (κ3) is 3.65. The summed E-state index contributed by atoms with van der Waals surface area (Å²) in [6.45, 7) is 0.830. The number of aliphatic hydroxyl groups excluding tert-OH is 1. The molecule has 1 fully saturated rings. The lowest BCUT2D eigenvalue weighted by Crippen LogP contribution is -2.42. The van der Waals surface area contributed by atoms with E-state index in [-0.39, 0.29) is 18.2 Å². The van der Waals surface area contributed by atoms with E-state index in [4.69, 9.17) is 5.11 Å². The van der Waals surface area contributed by atoms with Crippen LogP contribution in [0.25, 0.3) is 0 Å². The van der Waals surface area contributed by atoms with Crippen molar-refractivity contribution in [3.63, 3.8) is 0 Å². The second-order valence-electron chi connectivity index (χ2n) is 4.64. The molecule has 0 aromatic heterocycles. The van der Waals surface area contributed by atoms with Gasteiger partial charge in [-0.15, -0.1) is 0 Å². The van der Waals surface area contributed by atoms with Crippen LogP contribution in [0.4, 0.5) is 10.1 Å². The number of rotatable bonds is 4. The molecule has 2 N–H and O–H groups in total. The predicted molar refractivity (Wildman–Crippen MR) is 70.3 cm³/mol. The van der Waals surface area contributed by atoms with E-state index in [1.165, 1.54) is 22.5 Å². The first-order valence-corrected chi connectivity index (χ1v) is 7.59. The van der Waals surface area contributed by atoms with E-state index in [0.29, 0.717) is 25.9 Å². The molecule has 2 rings (SSSR count). The number of benzene rings is 1. The van der Waals surface area contributed by atoms with E-state index in [9.17, 15) is 12.8 Å². The molecule has 1 aliphatic heterocycles. The summed E-state index contributed by atoms with van der Waals surface area (Å²) in [5.74, 6) is -0.320. The van der Waals surface area contributed by atoms with Crippen molar-refractivity contribution in [3.8, 4) is 0 Å². The van der Waals surface area contributed by atoms with Crippen molar-refractivity contribution < 1.29 is 17.9 Å². The van der Waals surface area contributed by atoms with Crippen molar-refractivity contribution in [2.45, 2.75) is 12.8 Å². The molecule has 106 valence electrons. The second-order valence-corrected chi connectivity index (χ2v) is 6.31. The van der Waals surface area contributed by atoms with Gasteiger partial charge in [0, 0.05) is 19.7 Å². The highest BCUT2D eigenvalue weighted by Crippen LogP contribution is 2.20. The summed E-state index contributed by atoms with van der Waals surface area (Å²) >= 11 is 0. The lowest BCUT2D eigenvalue weighted by atomic mass is 10.00. The van der Waals surface area contributed by atoms with Crippen molar-refractivity contribution in [1.82, 2.24) is 4.31 Å². The zero-order chi connectivity index (χ0) is 13.9. The zero-order valence-electron chi connectivity index (χ0n) is 10.4. The summed E-state index contributed by atoms with van der Waals surface area (Å²) in [5, 5.41) is 9.02.